The van der Waals surface area contributed by atoms with Gasteiger partial charge in [-0.15, -0.1) is 0 Å². The molecule has 0 unspecified atom stereocenters. The van der Waals surface area contributed by atoms with Crippen LogP contribution >= 0.6 is 0 Å². The lowest BCUT2D eigenvalue weighted by atomic mass is 9.96. The molecule has 1 aliphatic carbocycles. The van der Waals surface area contributed by atoms with Gasteiger partial charge < -0.3 is 20.1 Å². The highest BCUT2D eigenvalue weighted by Gasteiger charge is 2.31. The van der Waals surface area contributed by atoms with Crippen LogP contribution in [0.1, 0.15) is 48.7 Å². The lowest BCUT2D eigenvalue weighted by Crippen LogP contribution is -2.18. The molecule has 5 rings (SSSR count). The average Bonchev–Trinajstić information content (AvgIpc) is 3.49. The van der Waals surface area contributed by atoms with Gasteiger partial charge in [-0.2, -0.15) is 17.2 Å². The Hall–Kier alpha value is -2.86. The summed E-state index contributed by atoms with van der Waals surface area (Å²) < 4.78 is 66.4. The molecule has 1 aliphatic heterocycles. The fourth-order valence-corrected chi connectivity index (χ4v) is 5.25. The number of alkyl halides is 2. The molecule has 8 nitrogen and oxygen atoms in total. The van der Waals surface area contributed by atoms with Crippen LogP contribution in [-0.2, 0) is 22.4 Å². The minimum absolute atomic E-state index is 0. The van der Waals surface area contributed by atoms with Crippen LogP contribution in [0.4, 0.5) is 8.78 Å². The fourth-order valence-electron chi connectivity index (χ4n) is 4.66. The van der Waals surface area contributed by atoms with Crippen LogP contribution in [0.5, 0.6) is 5.75 Å². The molecule has 1 fully saturated rings. The van der Waals surface area contributed by atoms with Crippen LogP contribution in [0.3, 0.4) is 0 Å². The Morgan fingerprint density at radius 2 is 1.94 bits per heavy atom. The van der Waals surface area contributed by atoms with Crippen LogP contribution in [0.2, 0.25) is 0 Å². The first-order chi connectivity index (χ1) is 15.6. The van der Waals surface area contributed by atoms with Crippen molar-refractivity contribution in [1.29, 1.82) is 0 Å². The summed E-state index contributed by atoms with van der Waals surface area (Å²) in [6.07, 6.45) is 1.38. The summed E-state index contributed by atoms with van der Waals surface area (Å²) in [6, 6.07) is 9.95. The summed E-state index contributed by atoms with van der Waals surface area (Å²) in [5.41, 5.74) is 2.83. The van der Waals surface area contributed by atoms with Crippen molar-refractivity contribution < 1.29 is 32.0 Å². The van der Waals surface area contributed by atoms with Crippen molar-refractivity contribution in [2.45, 2.75) is 50.8 Å². The molecule has 2 aromatic carbocycles. The van der Waals surface area contributed by atoms with Gasteiger partial charge in [-0.05, 0) is 54.7 Å². The van der Waals surface area contributed by atoms with E-state index in [0.29, 0.717) is 30.5 Å². The van der Waals surface area contributed by atoms with Gasteiger partial charge in [0, 0.05) is 41.3 Å². The van der Waals surface area contributed by atoms with Crippen molar-refractivity contribution in [3.63, 3.8) is 0 Å². The Kier molecular flexibility index (Phi) is 6.23. The zero-order chi connectivity index (χ0) is 23.5. The SMILES string of the molecule is C[C@H]1NCc2cc(-c3ccc4c(=O)cc(CS(=O)(=O)O)n(C5CC5)c4c3OC(F)F)ccc21.O. The van der Waals surface area contributed by atoms with E-state index in [2.05, 4.69) is 5.32 Å². The quantitative estimate of drug-likeness (QED) is 0.506. The van der Waals surface area contributed by atoms with E-state index in [4.69, 9.17) is 4.74 Å². The first-order valence-corrected chi connectivity index (χ1v) is 12.2. The molecular weight excluding hydrogens is 470 g/mol. The van der Waals surface area contributed by atoms with E-state index in [1.807, 2.05) is 25.1 Å². The predicted octanol–water partition coefficient (Wildman–Crippen LogP) is 3.33. The van der Waals surface area contributed by atoms with Crippen molar-refractivity contribution in [2.24, 2.45) is 0 Å². The number of nitrogens with zero attached hydrogens (tertiary/aromatic N) is 1. The lowest BCUT2D eigenvalue weighted by Gasteiger charge is -2.21. The van der Waals surface area contributed by atoms with Crippen LogP contribution in [0, 0.1) is 0 Å². The highest BCUT2D eigenvalue weighted by atomic mass is 32.2. The number of nitrogens with one attached hydrogen (secondary N) is 1. The summed E-state index contributed by atoms with van der Waals surface area (Å²) in [5, 5.41) is 3.48. The Morgan fingerprint density at radius 3 is 2.59 bits per heavy atom. The maximum absolute atomic E-state index is 13.6. The fraction of sp³-hybridized carbons (Fsp3) is 0.348. The third-order valence-electron chi connectivity index (χ3n) is 6.21. The van der Waals surface area contributed by atoms with Gasteiger partial charge in [-0.25, -0.2) is 0 Å². The van der Waals surface area contributed by atoms with Crippen LogP contribution in [-0.4, -0.2) is 29.6 Å². The van der Waals surface area contributed by atoms with Crippen molar-refractivity contribution in [3.8, 4) is 16.9 Å². The number of benzene rings is 2. The molecular formula is C23H24F2N2O6S. The second-order valence-corrected chi connectivity index (χ2v) is 10.0. The smallest absolute Gasteiger partial charge is 0.387 e. The summed E-state index contributed by atoms with van der Waals surface area (Å²) >= 11 is 0. The number of rotatable bonds is 6. The van der Waals surface area contributed by atoms with Gasteiger partial charge in [-0.3, -0.25) is 9.35 Å². The van der Waals surface area contributed by atoms with Crippen molar-refractivity contribution in [3.05, 3.63) is 63.4 Å². The predicted molar refractivity (Wildman–Crippen MR) is 123 cm³/mol. The standard InChI is InChI=1S/C23H22F2N2O5S.H2O/c1-12-17-5-2-13(8-14(17)10-26-12)18-6-7-19-20(28)9-16(11-33(29,30)31)27(15-3-4-15)21(19)22(18)32-23(24)25;/h2,5-9,12,15,23,26H,3-4,10-11H2,1H3,(H,29,30,31);1H2/t12-;/m1./s1. The van der Waals surface area contributed by atoms with Gasteiger partial charge in [-0.1, -0.05) is 12.1 Å². The topological polar surface area (TPSA) is 129 Å². The molecule has 182 valence electrons. The highest BCUT2D eigenvalue weighted by molar-refractivity contribution is 7.85. The van der Waals surface area contributed by atoms with Gasteiger partial charge >= 0.3 is 6.61 Å². The molecule has 0 bridgehead atoms. The number of pyridine rings is 1. The summed E-state index contributed by atoms with van der Waals surface area (Å²) in [5.74, 6) is -0.974. The maximum atomic E-state index is 13.6. The second-order valence-electron chi connectivity index (χ2n) is 8.56. The van der Waals surface area contributed by atoms with Gasteiger partial charge in [0.2, 0.25) is 0 Å². The van der Waals surface area contributed by atoms with Crippen LogP contribution in [0.15, 0.2) is 41.2 Å². The van der Waals surface area contributed by atoms with Crippen molar-refractivity contribution in [2.75, 3.05) is 0 Å². The third kappa shape index (κ3) is 4.43. The number of halogens is 2. The third-order valence-corrected chi connectivity index (χ3v) is 6.87. The highest BCUT2D eigenvalue weighted by Crippen LogP contribution is 2.44. The Labute approximate surface area is 194 Å². The molecule has 0 spiro atoms. The minimum atomic E-state index is -4.46. The van der Waals surface area contributed by atoms with E-state index < -0.39 is 27.9 Å². The molecule has 1 saturated carbocycles. The number of aromatic nitrogens is 1. The van der Waals surface area contributed by atoms with Crippen molar-refractivity contribution >= 4 is 21.0 Å². The minimum Gasteiger partial charge on any atom is -0.432 e. The molecule has 0 saturated heterocycles. The van der Waals surface area contributed by atoms with Gasteiger partial charge in [0.15, 0.2) is 11.2 Å². The molecule has 1 atom stereocenters. The number of hydrogen-bond acceptors (Lipinski definition) is 5. The molecule has 2 aliphatic rings. The molecule has 1 aromatic heterocycles. The Morgan fingerprint density at radius 1 is 1.21 bits per heavy atom. The zero-order valence-electron chi connectivity index (χ0n) is 18.2. The molecule has 3 aromatic rings. The zero-order valence-corrected chi connectivity index (χ0v) is 19.0. The normalized spacial score (nSPS) is 17.6. The number of ether oxygens (including phenoxy) is 1. The first kappa shape index (κ1) is 24.3. The van der Waals surface area contributed by atoms with Crippen LogP contribution in [0.25, 0.3) is 22.0 Å². The molecule has 4 N–H and O–H groups in total. The maximum Gasteiger partial charge on any atom is 0.387 e. The Balaban J connectivity index is 0.00000274. The molecule has 0 radical (unpaired) electrons. The molecule has 2 heterocycles. The first-order valence-electron chi connectivity index (χ1n) is 10.6. The van der Waals surface area contributed by atoms with E-state index in [9.17, 15) is 26.5 Å². The van der Waals surface area contributed by atoms with Gasteiger partial charge in [0.1, 0.15) is 5.75 Å². The van der Waals surface area contributed by atoms with E-state index >= 15 is 0 Å². The molecule has 34 heavy (non-hydrogen) atoms. The van der Waals surface area contributed by atoms with Crippen molar-refractivity contribution in [1.82, 2.24) is 9.88 Å². The van der Waals surface area contributed by atoms with E-state index in [0.717, 1.165) is 17.2 Å². The second kappa shape index (κ2) is 8.73. The van der Waals surface area contributed by atoms with E-state index in [-0.39, 0.29) is 39.9 Å². The monoisotopic (exact) mass is 494 g/mol. The number of fused-ring (bicyclic) bond motifs is 2. The summed E-state index contributed by atoms with van der Waals surface area (Å²) in [7, 11) is -4.46. The average molecular weight is 495 g/mol. The van der Waals surface area contributed by atoms with Gasteiger partial charge in [0.05, 0.1) is 5.52 Å². The summed E-state index contributed by atoms with van der Waals surface area (Å²) in [6.45, 7) is -0.468. The number of hydrogen-bond donors (Lipinski definition) is 2. The van der Waals surface area contributed by atoms with E-state index in [1.54, 1.807) is 16.7 Å². The Bertz CT molecular complexity index is 1430. The lowest BCUT2D eigenvalue weighted by molar-refractivity contribution is -0.0486. The van der Waals surface area contributed by atoms with E-state index in [1.165, 1.54) is 0 Å². The molecule has 11 heteroatoms. The largest absolute Gasteiger partial charge is 0.432 e. The van der Waals surface area contributed by atoms with Crippen LogP contribution < -0.4 is 15.5 Å². The molecule has 0 amide bonds. The summed E-state index contributed by atoms with van der Waals surface area (Å²) in [4.78, 5) is 12.8. The van der Waals surface area contributed by atoms with Gasteiger partial charge in [0.25, 0.3) is 10.1 Å².